The molecule has 0 aliphatic carbocycles. The molecule has 0 amide bonds. The van der Waals surface area contributed by atoms with Crippen molar-refractivity contribution in [1.29, 1.82) is 0 Å². The molecule has 0 bridgehead atoms. The molecule has 2 aromatic heterocycles. The smallest absolute Gasteiger partial charge is 1.00 e. The largest absolute Gasteiger partial charge is 2.00 e. The molecule has 0 atom stereocenters. The van der Waals surface area contributed by atoms with Gasteiger partial charge in [-0.15, -0.1) is 15.9 Å². The Morgan fingerprint density at radius 2 is 2.21 bits per heavy atom. The summed E-state index contributed by atoms with van der Waals surface area (Å²) in [6, 6.07) is 9.02. The molecule has 0 aliphatic heterocycles. The Morgan fingerprint density at radius 1 is 1.43 bits per heavy atom. The van der Waals surface area contributed by atoms with Crippen molar-refractivity contribution in [1.82, 2.24) is 4.98 Å². The molecule has 0 unspecified atom stereocenters. The van der Waals surface area contributed by atoms with E-state index in [0.717, 1.165) is 15.0 Å². The van der Waals surface area contributed by atoms with Gasteiger partial charge in [-0.1, -0.05) is 16.6 Å². The van der Waals surface area contributed by atoms with Crippen LogP contribution < -0.4 is 12.4 Å². The van der Waals surface area contributed by atoms with Crippen molar-refractivity contribution in [3.8, 4) is 10.6 Å². The fraction of sp³-hybridized carbons (Fsp3) is 0. The fourth-order valence-electron chi connectivity index (χ4n) is 0.886. The Labute approximate surface area is 118 Å². The molecular formula is C9H5BrClMgNS. The molecule has 2 heterocycles. The van der Waals surface area contributed by atoms with Gasteiger partial charge in [0.25, 0.3) is 0 Å². The number of pyridine rings is 1. The van der Waals surface area contributed by atoms with Gasteiger partial charge in [0.1, 0.15) is 0 Å². The van der Waals surface area contributed by atoms with E-state index in [-0.39, 0.29) is 35.5 Å². The van der Waals surface area contributed by atoms with Crippen molar-refractivity contribution in [2.24, 2.45) is 0 Å². The maximum atomic E-state index is 4.23. The number of aromatic nitrogens is 1. The molecule has 14 heavy (non-hydrogen) atoms. The van der Waals surface area contributed by atoms with Gasteiger partial charge in [0.15, 0.2) is 0 Å². The summed E-state index contributed by atoms with van der Waals surface area (Å²) < 4.78 is 0.961. The summed E-state index contributed by atoms with van der Waals surface area (Å²) in [6.45, 7) is 0. The first kappa shape index (κ1) is 14.4. The van der Waals surface area contributed by atoms with Crippen molar-refractivity contribution < 1.29 is 12.4 Å². The van der Waals surface area contributed by atoms with E-state index >= 15 is 0 Å². The zero-order chi connectivity index (χ0) is 8.39. The second-order valence-electron chi connectivity index (χ2n) is 2.26. The summed E-state index contributed by atoms with van der Waals surface area (Å²) >= 11 is 4.99. The minimum Gasteiger partial charge on any atom is -1.00 e. The molecule has 68 valence electrons. The van der Waals surface area contributed by atoms with E-state index in [1.165, 1.54) is 0 Å². The van der Waals surface area contributed by atoms with E-state index in [4.69, 9.17) is 0 Å². The Balaban J connectivity index is 0.000000845. The van der Waals surface area contributed by atoms with Crippen LogP contribution in [0, 0.1) is 6.07 Å². The van der Waals surface area contributed by atoms with Crippen LogP contribution >= 0.6 is 27.3 Å². The van der Waals surface area contributed by atoms with Gasteiger partial charge in [0, 0.05) is 0 Å². The second-order valence-corrected chi connectivity index (χ2v) is 4.12. The number of halogens is 2. The standard InChI is InChI=1S/C9H5BrNS.ClH.Mg/c10-7-3-4-8(11-6-7)9-2-1-5-12-9;;/h1-3,5-6H;1H;/q-1;;+2/p-1. The third-order valence-electron chi connectivity index (χ3n) is 1.42. The minimum atomic E-state index is 0. The number of thiophene rings is 1. The first-order valence-corrected chi connectivity index (χ1v) is 5.10. The van der Waals surface area contributed by atoms with Crippen molar-refractivity contribution in [3.05, 3.63) is 40.3 Å². The van der Waals surface area contributed by atoms with Gasteiger partial charge in [0.05, 0.1) is 0 Å². The van der Waals surface area contributed by atoms with Crippen LogP contribution in [0.3, 0.4) is 0 Å². The zero-order valence-electron chi connectivity index (χ0n) is 7.21. The van der Waals surface area contributed by atoms with Crippen LogP contribution in [0.2, 0.25) is 0 Å². The molecule has 5 heteroatoms. The third-order valence-corrected chi connectivity index (χ3v) is 2.73. The summed E-state index contributed by atoms with van der Waals surface area (Å²) in [5, 5.41) is 2.03. The Bertz CT molecular complexity index is 363. The molecule has 0 saturated heterocycles. The summed E-state index contributed by atoms with van der Waals surface area (Å²) in [6.07, 6.45) is 1.78. The molecule has 0 fully saturated rings. The van der Waals surface area contributed by atoms with Crippen molar-refractivity contribution in [2.75, 3.05) is 0 Å². The van der Waals surface area contributed by atoms with Gasteiger partial charge >= 0.3 is 23.1 Å². The van der Waals surface area contributed by atoms with Crippen molar-refractivity contribution in [2.45, 2.75) is 0 Å². The molecule has 2 aromatic rings. The van der Waals surface area contributed by atoms with Crippen LogP contribution in [0.5, 0.6) is 0 Å². The molecule has 0 aromatic carbocycles. The van der Waals surface area contributed by atoms with Gasteiger partial charge in [-0.05, 0) is 22.1 Å². The average Bonchev–Trinajstić information content (AvgIpc) is 2.58. The molecule has 0 N–H and O–H groups in total. The number of hydrogen-bond acceptors (Lipinski definition) is 2. The quantitative estimate of drug-likeness (QED) is 0.533. The average molecular weight is 299 g/mol. The first-order chi connectivity index (χ1) is 5.86. The molecular weight excluding hydrogens is 294 g/mol. The molecule has 0 spiro atoms. The number of nitrogens with zero attached hydrogens (tertiary/aromatic N) is 1. The molecule has 0 aliphatic rings. The minimum absolute atomic E-state index is 0. The summed E-state index contributed by atoms with van der Waals surface area (Å²) in [5.41, 5.74) is 0.910. The zero-order valence-corrected chi connectivity index (χ0v) is 11.8. The van der Waals surface area contributed by atoms with E-state index in [1.807, 2.05) is 23.6 Å². The number of hydrogen-bond donors (Lipinski definition) is 0. The maximum absolute atomic E-state index is 4.23. The number of rotatable bonds is 1. The van der Waals surface area contributed by atoms with Crippen molar-refractivity contribution in [3.63, 3.8) is 0 Å². The van der Waals surface area contributed by atoms with Gasteiger partial charge < -0.3 is 12.4 Å². The Morgan fingerprint density at radius 3 is 2.71 bits per heavy atom. The molecule has 0 radical (unpaired) electrons. The monoisotopic (exact) mass is 297 g/mol. The molecule has 0 saturated carbocycles. The van der Waals surface area contributed by atoms with Crippen LogP contribution in [-0.4, -0.2) is 28.0 Å². The summed E-state index contributed by atoms with van der Waals surface area (Å²) in [7, 11) is 0. The first-order valence-electron chi connectivity index (χ1n) is 3.43. The van der Waals surface area contributed by atoms with Crippen LogP contribution in [-0.2, 0) is 0 Å². The molecule has 2 rings (SSSR count). The van der Waals surface area contributed by atoms with Crippen LogP contribution in [0.4, 0.5) is 0 Å². The normalized spacial score (nSPS) is 8.64. The van der Waals surface area contributed by atoms with E-state index in [1.54, 1.807) is 17.5 Å². The SMILES string of the molecule is Brc1c[c-]c(-c2cccs2)nc1.[Cl-].[Mg+2]. The summed E-state index contributed by atoms with van der Waals surface area (Å²) in [5.74, 6) is 0. The van der Waals surface area contributed by atoms with E-state index in [2.05, 4.69) is 27.0 Å². The predicted octanol–water partition coefficient (Wildman–Crippen LogP) is -0.00401. The van der Waals surface area contributed by atoms with Crippen LogP contribution in [0.25, 0.3) is 10.6 Å². The van der Waals surface area contributed by atoms with Crippen molar-refractivity contribution >= 4 is 50.3 Å². The van der Waals surface area contributed by atoms with Crippen LogP contribution in [0.15, 0.2) is 34.2 Å². The Hall–Kier alpha value is 0.386. The van der Waals surface area contributed by atoms with E-state index < -0.39 is 0 Å². The Kier molecular flexibility index (Phi) is 6.98. The van der Waals surface area contributed by atoms with Crippen LogP contribution in [0.1, 0.15) is 0 Å². The molecule has 1 nitrogen and oxygen atoms in total. The fourth-order valence-corrected chi connectivity index (χ4v) is 1.79. The van der Waals surface area contributed by atoms with Gasteiger partial charge in [-0.2, -0.15) is 12.1 Å². The summed E-state index contributed by atoms with van der Waals surface area (Å²) in [4.78, 5) is 5.38. The van der Waals surface area contributed by atoms with E-state index in [0.29, 0.717) is 0 Å². The predicted molar refractivity (Wildman–Crippen MR) is 59.8 cm³/mol. The van der Waals surface area contributed by atoms with Gasteiger partial charge in [0.2, 0.25) is 0 Å². The van der Waals surface area contributed by atoms with Gasteiger partial charge in [-0.25, -0.2) is 11.3 Å². The third kappa shape index (κ3) is 3.51. The van der Waals surface area contributed by atoms with Gasteiger partial charge in [-0.3, -0.25) is 4.98 Å². The second kappa shape index (κ2) is 6.79. The van der Waals surface area contributed by atoms with E-state index in [9.17, 15) is 0 Å². The maximum Gasteiger partial charge on any atom is 2.00 e. The topological polar surface area (TPSA) is 12.9 Å².